The molecule has 0 spiro atoms. The summed E-state index contributed by atoms with van der Waals surface area (Å²) in [4.78, 5) is 53.0. The highest BCUT2D eigenvalue weighted by Crippen LogP contribution is 2.43. The minimum Gasteiger partial charge on any atom is -0.507 e. The van der Waals surface area contributed by atoms with E-state index in [-0.39, 0.29) is 28.1 Å². The first-order valence-electron chi connectivity index (χ1n) is 12.2. The number of aliphatic hydroxyl groups excluding tert-OH is 1. The molecule has 0 saturated carbocycles. The number of nitro benzene ring substituents is 1. The van der Waals surface area contributed by atoms with E-state index in [0.717, 1.165) is 4.90 Å². The fraction of sp³-hybridized carbons (Fsp3) is 0.138. The van der Waals surface area contributed by atoms with E-state index in [4.69, 9.17) is 4.74 Å². The molecule has 202 valence electrons. The van der Waals surface area contributed by atoms with Crippen LogP contribution in [0.5, 0.6) is 5.75 Å². The number of para-hydroxylation sites is 1. The van der Waals surface area contributed by atoms with Crippen LogP contribution in [0, 0.1) is 17.0 Å². The van der Waals surface area contributed by atoms with Gasteiger partial charge in [-0.25, -0.2) is 4.68 Å². The first-order chi connectivity index (χ1) is 19.1. The van der Waals surface area contributed by atoms with Crippen LogP contribution in [0.2, 0.25) is 0 Å². The molecule has 1 N–H and O–H groups in total. The standard InChI is InChI=1S/C29H24N4O7/c1-17-24(28(36)32(30(17)2)20-9-5-4-6-10-20)31-25(19-8-7-11-21(16-19)33(38)39)23(27(35)29(31)37)26(34)18-12-14-22(40-3)15-13-18/h4-16,25,34H,1-3H3. The highest BCUT2D eigenvalue weighted by molar-refractivity contribution is 6.51. The summed E-state index contributed by atoms with van der Waals surface area (Å²) < 4.78 is 8.07. The number of rotatable bonds is 6. The van der Waals surface area contributed by atoms with E-state index in [0.29, 0.717) is 17.1 Å². The van der Waals surface area contributed by atoms with Crippen molar-refractivity contribution in [2.45, 2.75) is 13.0 Å². The van der Waals surface area contributed by atoms with E-state index in [1.165, 1.54) is 48.2 Å². The molecule has 1 atom stereocenters. The van der Waals surface area contributed by atoms with Gasteiger partial charge in [0.25, 0.3) is 22.9 Å². The summed E-state index contributed by atoms with van der Waals surface area (Å²) in [6.45, 7) is 1.63. The van der Waals surface area contributed by atoms with Crippen LogP contribution in [0.3, 0.4) is 0 Å². The van der Waals surface area contributed by atoms with Gasteiger partial charge in [0.05, 0.1) is 35.0 Å². The van der Waals surface area contributed by atoms with Crippen molar-refractivity contribution in [3.63, 3.8) is 0 Å². The maximum atomic E-state index is 13.9. The predicted molar refractivity (Wildman–Crippen MR) is 147 cm³/mol. The van der Waals surface area contributed by atoms with E-state index in [1.807, 2.05) is 0 Å². The normalized spacial score (nSPS) is 16.4. The number of carbonyl (C=O) groups excluding carboxylic acids is 2. The van der Waals surface area contributed by atoms with E-state index < -0.39 is 34.0 Å². The van der Waals surface area contributed by atoms with Gasteiger partial charge in [-0.2, -0.15) is 0 Å². The van der Waals surface area contributed by atoms with Gasteiger partial charge in [-0.1, -0.05) is 30.3 Å². The number of amides is 1. The fourth-order valence-corrected chi connectivity index (χ4v) is 4.92. The lowest BCUT2D eigenvalue weighted by Gasteiger charge is -2.24. The molecule has 0 aliphatic carbocycles. The summed E-state index contributed by atoms with van der Waals surface area (Å²) in [6.07, 6.45) is 0. The quantitative estimate of drug-likeness (QED) is 0.128. The van der Waals surface area contributed by atoms with Crippen molar-refractivity contribution in [2.75, 3.05) is 12.0 Å². The van der Waals surface area contributed by atoms with E-state index in [9.17, 15) is 29.6 Å². The molecule has 1 aromatic heterocycles. The van der Waals surface area contributed by atoms with Crippen molar-refractivity contribution in [1.82, 2.24) is 9.36 Å². The molecule has 1 fully saturated rings. The van der Waals surface area contributed by atoms with Crippen LogP contribution in [0.4, 0.5) is 11.4 Å². The average Bonchev–Trinajstić information content (AvgIpc) is 3.35. The molecule has 0 radical (unpaired) electrons. The minimum atomic E-state index is -1.32. The lowest BCUT2D eigenvalue weighted by atomic mass is 9.94. The number of hydrogen-bond acceptors (Lipinski definition) is 7. The maximum absolute atomic E-state index is 13.9. The molecule has 2 heterocycles. The topological polar surface area (TPSA) is 137 Å². The monoisotopic (exact) mass is 540 g/mol. The van der Waals surface area contributed by atoms with Gasteiger partial charge in [0.1, 0.15) is 17.2 Å². The Labute approximate surface area is 227 Å². The predicted octanol–water partition coefficient (Wildman–Crippen LogP) is 4.03. The number of carbonyl (C=O) groups is 2. The van der Waals surface area contributed by atoms with Crippen LogP contribution >= 0.6 is 0 Å². The Morgan fingerprint density at radius 2 is 1.65 bits per heavy atom. The number of ketones is 1. The highest BCUT2D eigenvalue weighted by atomic mass is 16.6. The lowest BCUT2D eigenvalue weighted by molar-refractivity contribution is -0.384. The number of benzene rings is 3. The summed E-state index contributed by atoms with van der Waals surface area (Å²) in [5, 5.41) is 22.9. The Hall–Kier alpha value is -5.45. The molecular weight excluding hydrogens is 516 g/mol. The lowest BCUT2D eigenvalue weighted by Crippen LogP contribution is -2.34. The summed E-state index contributed by atoms with van der Waals surface area (Å²) in [7, 11) is 3.12. The third-order valence-electron chi connectivity index (χ3n) is 6.97. The number of aliphatic hydroxyl groups is 1. The van der Waals surface area contributed by atoms with Gasteiger partial charge in [-0.3, -0.25) is 34.1 Å². The van der Waals surface area contributed by atoms with Gasteiger partial charge >= 0.3 is 0 Å². The Morgan fingerprint density at radius 1 is 0.975 bits per heavy atom. The SMILES string of the molecule is COc1ccc(C(O)=C2C(=O)C(=O)N(c3c(C)n(C)n(-c4ccccc4)c3=O)C2c2cccc([N+](=O)[O-])c2)cc1. The molecule has 40 heavy (non-hydrogen) atoms. The molecule has 1 amide bonds. The van der Waals surface area contributed by atoms with Crippen molar-refractivity contribution in [2.24, 2.45) is 7.05 Å². The molecule has 4 aromatic rings. The summed E-state index contributed by atoms with van der Waals surface area (Å²) >= 11 is 0. The molecule has 1 aliphatic rings. The van der Waals surface area contributed by atoms with Crippen LogP contribution in [0.1, 0.15) is 22.9 Å². The van der Waals surface area contributed by atoms with Gasteiger partial charge < -0.3 is 9.84 Å². The molecule has 3 aromatic carbocycles. The number of nitrogens with zero attached hydrogens (tertiary/aromatic N) is 4. The van der Waals surface area contributed by atoms with E-state index in [2.05, 4.69) is 0 Å². The molecule has 1 saturated heterocycles. The third-order valence-corrected chi connectivity index (χ3v) is 6.97. The number of methoxy groups -OCH3 is 1. The zero-order valence-electron chi connectivity index (χ0n) is 21.8. The van der Waals surface area contributed by atoms with Crippen LogP contribution < -0.4 is 15.2 Å². The van der Waals surface area contributed by atoms with Gasteiger partial charge in [0.15, 0.2) is 0 Å². The first kappa shape index (κ1) is 26.2. The van der Waals surface area contributed by atoms with E-state index >= 15 is 0 Å². The van der Waals surface area contributed by atoms with Crippen LogP contribution in [0.15, 0.2) is 89.2 Å². The molecule has 11 nitrogen and oxygen atoms in total. The van der Waals surface area contributed by atoms with Gasteiger partial charge in [-0.05, 0) is 48.9 Å². The van der Waals surface area contributed by atoms with Gasteiger partial charge in [-0.15, -0.1) is 0 Å². The maximum Gasteiger partial charge on any atom is 0.300 e. The number of non-ortho nitro benzene ring substituents is 1. The zero-order valence-corrected chi connectivity index (χ0v) is 21.8. The Balaban J connectivity index is 1.79. The van der Waals surface area contributed by atoms with Crippen molar-refractivity contribution in [3.05, 3.63) is 122 Å². The van der Waals surface area contributed by atoms with Crippen molar-refractivity contribution < 1.29 is 24.4 Å². The first-order valence-corrected chi connectivity index (χ1v) is 12.2. The molecule has 5 rings (SSSR count). The second-order valence-electron chi connectivity index (χ2n) is 9.16. The van der Waals surface area contributed by atoms with Crippen LogP contribution in [-0.2, 0) is 16.6 Å². The average molecular weight is 541 g/mol. The number of anilines is 1. The highest BCUT2D eigenvalue weighted by Gasteiger charge is 2.49. The second-order valence-corrected chi connectivity index (χ2v) is 9.16. The Bertz CT molecular complexity index is 1750. The number of hydrogen-bond donors (Lipinski definition) is 1. The molecule has 1 unspecified atom stereocenters. The van der Waals surface area contributed by atoms with E-state index in [1.54, 1.807) is 61.1 Å². The Morgan fingerprint density at radius 3 is 2.27 bits per heavy atom. The van der Waals surface area contributed by atoms with Crippen molar-refractivity contribution in [1.29, 1.82) is 0 Å². The smallest absolute Gasteiger partial charge is 0.300 e. The minimum absolute atomic E-state index is 0.0845. The number of ether oxygens (including phenoxy) is 1. The number of nitro groups is 1. The van der Waals surface area contributed by atoms with Gasteiger partial charge in [0, 0.05) is 24.7 Å². The largest absolute Gasteiger partial charge is 0.507 e. The zero-order chi connectivity index (χ0) is 28.7. The fourth-order valence-electron chi connectivity index (χ4n) is 4.92. The van der Waals surface area contributed by atoms with Crippen molar-refractivity contribution >= 4 is 28.8 Å². The third kappa shape index (κ3) is 4.13. The van der Waals surface area contributed by atoms with Gasteiger partial charge in [0.2, 0.25) is 0 Å². The summed E-state index contributed by atoms with van der Waals surface area (Å²) in [6, 6.07) is 19.0. The summed E-state index contributed by atoms with van der Waals surface area (Å²) in [5.41, 5.74) is 0.0649. The number of Topliss-reactive ketones (excluding diaryl/α,β-unsaturated/α-hetero) is 1. The summed E-state index contributed by atoms with van der Waals surface area (Å²) in [5.74, 6) is -2.05. The van der Waals surface area contributed by atoms with Crippen molar-refractivity contribution in [3.8, 4) is 11.4 Å². The molecule has 1 aliphatic heterocycles. The molecule has 0 bridgehead atoms. The van der Waals surface area contributed by atoms with Crippen LogP contribution in [-0.4, -0.2) is 38.2 Å². The van der Waals surface area contributed by atoms with Crippen LogP contribution in [0.25, 0.3) is 11.4 Å². The Kier molecular flexibility index (Phi) is 6.56. The molecular formula is C29H24N4O7. The second kappa shape index (κ2) is 10.0. The number of aromatic nitrogens is 2. The molecule has 11 heteroatoms.